The Kier molecular flexibility index (Phi) is 4.38. The largest absolute Gasteiger partial charge is 0.357 e. The Balaban J connectivity index is 1.42. The number of nitrogens with one attached hydrogen (secondary N) is 1. The van der Waals surface area contributed by atoms with E-state index in [-0.39, 0.29) is 12.1 Å². The van der Waals surface area contributed by atoms with Crippen LogP contribution in [-0.4, -0.2) is 35.5 Å². The molecule has 2 aromatic rings. The number of hydrogen-bond donors (Lipinski definition) is 1. The molecule has 2 fully saturated rings. The number of anilines is 2. The Labute approximate surface area is 146 Å². The molecule has 1 N–H and O–H groups in total. The van der Waals surface area contributed by atoms with Gasteiger partial charge in [-0.05, 0) is 49.3 Å². The van der Waals surface area contributed by atoms with Crippen LogP contribution in [0.5, 0.6) is 0 Å². The van der Waals surface area contributed by atoms with Gasteiger partial charge in [-0.1, -0.05) is 6.07 Å². The molecule has 4 heterocycles. The second kappa shape index (κ2) is 6.81. The smallest absolute Gasteiger partial charge is 0.322 e. The molecule has 0 aromatic carbocycles. The predicted octanol–water partition coefficient (Wildman–Crippen LogP) is 4.11. The SMILES string of the molecule is O=C(Nc1ccc(N2CCCC2)nc1)N1CCC[C@@H]1c1cccs1. The second-order valence-electron chi connectivity index (χ2n) is 6.40. The zero-order valence-corrected chi connectivity index (χ0v) is 14.5. The minimum absolute atomic E-state index is 0.0263. The van der Waals surface area contributed by atoms with E-state index in [4.69, 9.17) is 0 Å². The van der Waals surface area contributed by atoms with E-state index in [0.717, 1.165) is 44.0 Å². The van der Waals surface area contributed by atoms with Gasteiger partial charge in [0.2, 0.25) is 0 Å². The van der Waals surface area contributed by atoms with Crippen molar-refractivity contribution in [1.29, 1.82) is 0 Å². The van der Waals surface area contributed by atoms with Gasteiger partial charge in [0.15, 0.2) is 0 Å². The van der Waals surface area contributed by atoms with E-state index in [0.29, 0.717) is 0 Å². The molecule has 5 nitrogen and oxygen atoms in total. The maximum Gasteiger partial charge on any atom is 0.322 e. The quantitative estimate of drug-likeness (QED) is 0.913. The third-order valence-corrected chi connectivity index (χ3v) is 5.79. The molecule has 0 saturated carbocycles. The van der Waals surface area contributed by atoms with Crippen molar-refractivity contribution in [3.8, 4) is 0 Å². The number of urea groups is 1. The summed E-state index contributed by atoms with van der Waals surface area (Å²) in [4.78, 5) is 22.7. The molecule has 1 atom stereocenters. The van der Waals surface area contributed by atoms with E-state index in [1.54, 1.807) is 17.5 Å². The van der Waals surface area contributed by atoms with Crippen LogP contribution >= 0.6 is 11.3 Å². The Bertz CT molecular complexity index is 680. The lowest BCUT2D eigenvalue weighted by Crippen LogP contribution is -2.34. The van der Waals surface area contributed by atoms with Gasteiger partial charge in [0.25, 0.3) is 0 Å². The normalized spacial score (nSPS) is 20.6. The maximum absolute atomic E-state index is 12.6. The number of aromatic nitrogens is 1. The van der Waals surface area contributed by atoms with Gasteiger partial charge < -0.3 is 15.1 Å². The predicted molar refractivity (Wildman–Crippen MR) is 97.7 cm³/mol. The molecule has 0 unspecified atom stereocenters. The van der Waals surface area contributed by atoms with Crippen LogP contribution in [0.1, 0.15) is 36.6 Å². The van der Waals surface area contributed by atoms with Crippen molar-refractivity contribution in [2.75, 3.05) is 29.9 Å². The third-order valence-electron chi connectivity index (χ3n) is 4.81. The lowest BCUT2D eigenvalue weighted by Gasteiger charge is -2.24. The summed E-state index contributed by atoms with van der Waals surface area (Å²) in [5.74, 6) is 1.00. The zero-order valence-electron chi connectivity index (χ0n) is 13.6. The fraction of sp³-hybridized carbons (Fsp3) is 0.444. The topological polar surface area (TPSA) is 48.5 Å². The van der Waals surface area contributed by atoms with E-state index in [9.17, 15) is 4.79 Å². The Morgan fingerprint density at radius 1 is 1.17 bits per heavy atom. The van der Waals surface area contributed by atoms with E-state index >= 15 is 0 Å². The molecule has 0 spiro atoms. The minimum Gasteiger partial charge on any atom is -0.357 e. The Morgan fingerprint density at radius 2 is 2.04 bits per heavy atom. The first-order valence-corrected chi connectivity index (χ1v) is 9.51. The van der Waals surface area contributed by atoms with E-state index in [1.165, 1.54) is 17.7 Å². The zero-order chi connectivity index (χ0) is 16.4. The molecule has 2 saturated heterocycles. The number of carbonyl (C=O) groups is 1. The molecular formula is C18H22N4OS. The van der Waals surface area contributed by atoms with E-state index in [1.807, 2.05) is 17.0 Å². The van der Waals surface area contributed by atoms with Gasteiger partial charge in [0.05, 0.1) is 17.9 Å². The molecule has 24 heavy (non-hydrogen) atoms. The van der Waals surface area contributed by atoms with Gasteiger partial charge in [-0.25, -0.2) is 9.78 Å². The number of hydrogen-bond acceptors (Lipinski definition) is 4. The molecule has 2 aliphatic heterocycles. The molecule has 0 radical (unpaired) electrons. The van der Waals surface area contributed by atoms with Gasteiger partial charge in [-0.15, -0.1) is 11.3 Å². The number of pyridine rings is 1. The van der Waals surface area contributed by atoms with Crippen molar-refractivity contribution >= 4 is 28.9 Å². The maximum atomic E-state index is 12.6. The van der Waals surface area contributed by atoms with Crippen molar-refractivity contribution in [2.24, 2.45) is 0 Å². The standard InChI is InChI=1S/C18H22N4OS/c23-18(22-11-3-5-15(22)16-6-4-12-24-16)20-14-7-8-17(19-13-14)21-9-1-2-10-21/h4,6-8,12-13,15H,1-3,5,9-11H2,(H,20,23)/t15-/m1/s1. The van der Waals surface area contributed by atoms with Crippen LogP contribution in [0.4, 0.5) is 16.3 Å². The summed E-state index contributed by atoms with van der Waals surface area (Å²) in [6.07, 6.45) is 6.34. The van der Waals surface area contributed by atoms with Crippen molar-refractivity contribution in [3.63, 3.8) is 0 Å². The molecule has 2 aromatic heterocycles. The number of nitrogens with zero attached hydrogens (tertiary/aromatic N) is 3. The average Bonchev–Trinajstić information content (AvgIpc) is 3.35. The second-order valence-corrected chi connectivity index (χ2v) is 7.38. The molecular weight excluding hydrogens is 320 g/mol. The Morgan fingerprint density at radius 3 is 2.75 bits per heavy atom. The Hall–Kier alpha value is -2.08. The molecule has 0 aliphatic carbocycles. The number of amides is 2. The minimum atomic E-state index is -0.0263. The van der Waals surface area contributed by atoms with Gasteiger partial charge in [-0.2, -0.15) is 0 Å². The highest BCUT2D eigenvalue weighted by molar-refractivity contribution is 7.10. The molecule has 6 heteroatoms. The first-order chi connectivity index (χ1) is 11.8. The lowest BCUT2D eigenvalue weighted by molar-refractivity contribution is 0.208. The summed E-state index contributed by atoms with van der Waals surface area (Å²) in [5, 5.41) is 5.08. The number of likely N-dealkylation sites (tertiary alicyclic amines) is 1. The van der Waals surface area contributed by atoms with Crippen molar-refractivity contribution in [2.45, 2.75) is 31.7 Å². The van der Waals surface area contributed by atoms with Crippen LogP contribution in [-0.2, 0) is 0 Å². The highest BCUT2D eigenvalue weighted by Crippen LogP contribution is 2.34. The van der Waals surface area contributed by atoms with E-state index in [2.05, 4.69) is 32.7 Å². The van der Waals surface area contributed by atoms with Gasteiger partial charge >= 0.3 is 6.03 Å². The fourth-order valence-corrected chi connectivity index (χ4v) is 4.45. The van der Waals surface area contributed by atoms with Crippen LogP contribution < -0.4 is 10.2 Å². The number of carbonyl (C=O) groups excluding carboxylic acids is 1. The molecule has 2 aliphatic rings. The van der Waals surface area contributed by atoms with Crippen LogP contribution in [0.3, 0.4) is 0 Å². The summed E-state index contributed by atoms with van der Waals surface area (Å²) < 4.78 is 0. The molecule has 4 rings (SSSR count). The van der Waals surface area contributed by atoms with Crippen molar-refractivity contribution in [3.05, 3.63) is 40.7 Å². The summed E-state index contributed by atoms with van der Waals surface area (Å²) in [7, 11) is 0. The summed E-state index contributed by atoms with van der Waals surface area (Å²) >= 11 is 1.72. The van der Waals surface area contributed by atoms with Crippen LogP contribution in [0.15, 0.2) is 35.8 Å². The molecule has 126 valence electrons. The first-order valence-electron chi connectivity index (χ1n) is 8.63. The summed E-state index contributed by atoms with van der Waals surface area (Å²) in [6, 6.07) is 8.31. The molecule has 2 amide bonds. The van der Waals surface area contributed by atoms with Gasteiger partial charge in [-0.3, -0.25) is 0 Å². The highest BCUT2D eigenvalue weighted by atomic mass is 32.1. The van der Waals surface area contributed by atoms with E-state index < -0.39 is 0 Å². The van der Waals surface area contributed by atoms with Crippen molar-refractivity contribution in [1.82, 2.24) is 9.88 Å². The van der Waals surface area contributed by atoms with Gasteiger partial charge in [0, 0.05) is 24.5 Å². The van der Waals surface area contributed by atoms with Gasteiger partial charge in [0.1, 0.15) is 5.82 Å². The van der Waals surface area contributed by atoms with Crippen LogP contribution in [0.25, 0.3) is 0 Å². The average molecular weight is 342 g/mol. The highest BCUT2D eigenvalue weighted by Gasteiger charge is 2.30. The fourth-order valence-electron chi connectivity index (χ4n) is 3.58. The van der Waals surface area contributed by atoms with Crippen LogP contribution in [0.2, 0.25) is 0 Å². The lowest BCUT2D eigenvalue weighted by atomic mass is 10.2. The third kappa shape index (κ3) is 3.11. The van der Waals surface area contributed by atoms with Crippen molar-refractivity contribution < 1.29 is 4.79 Å². The molecule has 0 bridgehead atoms. The monoisotopic (exact) mass is 342 g/mol. The van der Waals surface area contributed by atoms with Crippen LogP contribution in [0, 0.1) is 0 Å². The number of thiophene rings is 1. The summed E-state index contributed by atoms with van der Waals surface area (Å²) in [6.45, 7) is 2.97. The number of rotatable bonds is 3. The summed E-state index contributed by atoms with van der Waals surface area (Å²) in [5.41, 5.74) is 0.764. The first kappa shape index (κ1) is 15.4.